The summed E-state index contributed by atoms with van der Waals surface area (Å²) in [6.07, 6.45) is 3.64. The van der Waals surface area contributed by atoms with Crippen molar-refractivity contribution in [2.24, 2.45) is 0 Å². The Balaban J connectivity index is 1.70. The number of aromatic nitrogens is 3. The number of nitrogens with zero attached hydrogens (tertiary/aromatic N) is 4. The maximum atomic E-state index is 12.1. The molecule has 1 aliphatic rings. The summed E-state index contributed by atoms with van der Waals surface area (Å²) < 4.78 is 5.41. The van der Waals surface area contributed by atoms with Gasteiger partial charge in [-0.1, -0.05) is 11.6 Å². The van der Waals surface area contributed by atoms with Gasteiger partial charge in [-0.25, -0.2) is 19.7 Å². The first-order valence-corrected chi connectivity index (χ1v) is 8.20. The van der Waals surface area contributed by atoms with Gasteiger partial charge in [0.15, 0.2) is 0 Å². The summed E-state index contributed by atoms with van der Waals surface area (Å²) in [6, 6.07) is 1.84. The van der Waals surface area contributed by atoms with Crippen LogP contribution in [0.2, 0.25) is 5.15 Å². The van der Waals surface area contributed by atoms with E-state index in [-0.39, 0.29) is 12.1 Å². The molecule has 0 saturated carbocycles. The number of likely N-dealkylation sites (tertiary alicyclic amines) is 1. The van der Waals surface area contributed by atoms with Gasteiger partial charge in [0, 0.05) is 24.5 Å². The first kappa shape index (κ1) is 16.7. The highest BCUT2D eigenvalue weighted by molar-refractivity contribution is 6.30. The molecule has 128 valence electrons. The molecular formula is C16H20ClN5O2. The SMILES string of the molecule is CC(C)(C)OC(=O)N1CC[C@H](Nc2ncnc3cnc(Cl)cc23)C1. The van der Waals surface area contributed by atoms with Crippen LogP contribution in [-0.4, -0.2) is 50.7 Å². The molecule has 1 aliphatic heterocycles. The molecular weight excluding hydrogens is 330 g/mol. The van der Waals surface area contributed by atoms with Crippen LogP contribution in [0, 0.1) is 0 Å². The highest BCUT2D eigenvalue weighted by Gasteiger charge is 2.30. The van der Waals surface area contributed by atoms with Gasteiger partial charge in [-0.05, 0) is 33.3 Å². The summed E-state index contributed by atoms with van der Waals surface area (Å²) >= 11 is 5.97. The first-order chi connectivity index (χ1) is 11.3. The van der Waals surface area contributed by atoms with Crippen molar-refractivity contribution in [2.45, 2.75) is 38.8 Å². The minimum atomic E-state index is -0.491. The number of carbonyl (C=O) groups is 1. The van der Waals surface area contributed by atoms with Crippen molar-refractivity contribution in [3.63, 3.8) is 0 Å². The zero-order valence-electron chi connectivity index (χ0n) is 13.9. The van der Waals surface area contributed by atoms with E-state index < -0.39 is 5.60 Å². The van der Waals surface area contributed by atoms with Crippen LogP contribution in [0.25, 0.3) is 10.9 Å². The molecule has 3 rings (SSSR count). The average molecular weight is 350 g/mol. The summed E-state index contributed by atoms with van der Waals surface area (Å²) in [7, 11) is 0. The molecule has 0 bridgehead atoms. The number of pyridine rings is 1. The molecule has 1 N–H and O–H groups in total. The second-order valence-electron chi connectivity index (χ2n) is 6.80. The minimum Gasteiger partial charge on any atom is -0.444 e. The van der Waals surface area contributed by atoms with E-state index in [0.29, 0.717) is 24.1 Å². The number of hydrogen-bond acceptors (Lipinski definition) is 6. The molecule has 2 aromatic heterocycles. The molecule has 0 unspecified atom stereocenters. The molecule has 24 heavy (non-hydrogen) atoms. The molecule has 0 aliphatic carbocycles. The summed E-state index contributed by atoms with van der Waals surface area (Å²) in [5.41, 5.74) is 0.230. The smallest absolute Gasteiger partial charge is 0.410 e. The number of anilines is 1. The topological polar surface area (TPSA) is 80.2 Å². The lowest BCUT2D eigenvalue weighted by molar-refractivity contribution is 0.0293. The maximum Gasteiger partial charge on any atom is 0.410 e. The molecule has 1 fully saturated rings. The van der Waals surface area contributed by atoms with Crippen molar-refractivity contribution in [1.82, 2.24) is 19.9 Å². The minimum absolute atomic E-state index is 0.0996. The van der Waals surface area contributed by atoms with E-state index in [2.05, 4.69) is 20.3 Å². The number of rotatable bonds is 2. The van der Waals surface area contributed by atoms with Gasteiger partial charge in [0.25, 0.3) is 0 Å². The lowest BCUT2D eigenvalue weighted by Gasteiger charge is -2.24. The predicted molar refractivity (Wildman–Crippen MR) is 92.2 cm³/mol. The van der Waals surface area contributed by atoms with Crippen molar-refractivity contribution in [1.29, 1.82) is 0 Å². The van der Waals surface area contributed by atoms with Gasteiger partial charge in [0.1, 0.15) is 22.9 Å². The number of nitrogens with one attached hydrogen (secondary N) is 1. The standard InChI is InChI=1S/C16H20ClN5O2/c1-16(2,3)24-15(23)22-5-4-10(8-22)21-14-11-6-13(17)18-7-12(11)19-9-20-14/h6-7,9-10H,4-5,8H2,1-3H3,(H,19,20,21)/t10-/m0/s1. The zero-order valence-corrected chi connectivity index (χ0v) is 14.7. The highest BCUT2D eigenvalue weighted by Crippen LogP contribution is 2.24. The van der Waals surface area contributed by atoms with Crippen molar-refractivity contribution < 1.29 is 9.53 Å². The van der Waals surface area contributed by atoms with Gasteiger partial charge >= 0.3 is 6.09 Å². The number of amides is 1. The molecule has 2 aromatic rings. The lowest BCUT2D eigenvalue weighted by atomic mass is 10.2. The van der Waals surface area contributed by atoms with Crippen LogP contribution in [0.1, 0.15) is 27.2 Å². The monoisotopic (exact) mass is 349 g/mol. The largest absolute Gasteiger partial charge is 0.444 e. The van der Waals surface area contributed by atoms with Crippen LogP contribution in [0.15, 0.2) is 18.6 Å². The van der Waals surface area contributed by atoms with E-state index in [0.717, 1.165) is 17.3 Å². The number of carbonyl (C=O) groups excluding carboxylic acids is 1. The van der Waals surface area contributed by atoms with Crippen molar-refractivity contribution in [2.75, 3.05) is 18.4 Å². The quantitative estimate of drug-likeness (QED) is 0.839. The van der Waals surface area contributed by atoms with E-state index in [4.69, 9.17) is 16.3 Å². The third-order valence-corrected chi connectivity index (χ3v) is 3.88. The molecule has 8 heteroatoms. The van der Waals surface area contributed by atoms with Crippen LogP contribution >= 0.6 is 11.6 Å². The Morgan fingerprint density at radius 2 is 2.17 bits per heavy atom. The number of halogens is 1. The van der Waals surface area contributed by atoms with Crippen LogP contribution in [0.4, 0.5) is 10.6 Å². The van der Waals surface area contributed by atoms with Crippen molar-refractivity contribution in [3.8, 4) is 0 Å². The second-order valence-corrected chi connectivity index (χ2v) is 7.19. The Kier molecular flexibility index (Phi) is 4.45. The Labute approximate surface area is 145 Å². The van der Waals surface area contributed by atoms with E-state index >= 15 is 0 Å². The summed E-state index contributed by atoms with van der Waals surface area (Å²) in [6.45, 7) is 6.81. The number of ether oxygens (including phenoxy) is 1. The number of hydrogen-bond donors (Lipinski definition) is 1. The lowest BCUT2D eigenvalue weighted by Crippen LogP contribution is -2.36. The van der Waals surface area contributed by atoms with E-state index in [1.54, 1.807) is 17.2 Å². The van der Waals surface area contributed by atoms with Gasteiger partial charge < -0.3 is 15.0 Å². The van der Waals surface area contributed by atoms with Crippen molar-refractivity contribution in [3.05, 3.63) is 23.7 Å². The van der Waals surface area contributed by atoms with E-state index in [1.807, 2.05) is 20.8 Å². The molecule has 0 radical (unpaired) electrons. The Morgan fingerprint density at radius 3 is 2.92 bits per heavy atom. The fourth-order valence-corrected chi connectivity index (χ4v) is 2.77. The van der Waals surface area contributed by atoms with Gasteiger partial charge in [-0.2, -0.15) is 0 Å². The maximum absolute atomic E-state index is 12.1. The normalized spacial score (nSPS) is 18.0. The van der Waals surface area contributed by atoms with Gasteiger partial charge in [-0.3, -0.25) is 0 Å². The average Bonchev–Trinajstić information content (AvgIpc) is 2.95. The zero-order chi connectivity index (χ0) is 17.3. The fraction of sp³-hybridized carbons (Fsp3) is 0.500. The molecule has 1 saturated heterocycles. The van der Waals surface area contributed by atoms with E-state index in [1.165, 1.54) is 6.33 Å². The summed E-state index contributed by atoms with van der Waals surface area (Å²) in [5.74, 6) is 0.695. The first-order valence-electron chi connectivity index (χ1n) is 7.82. The molecule has 0 spiro atoms. The molecule has 1 atom stereocenters. The van der Waals surface area contributed by atoms with Gasteiger partial charge in [0.05, 0.1) is 11.7 Å². The van der Waals surface area contributed by atoms with Crippen LogP contribution < -0.4 is 5.32 Å². The molecule has 7 nitrogen and oxygen atoms in total. The highest BCUT2D eigenvalue weighted by atomic mass is 35.5. The Hall–Kier alpha value is -2.15. The second kappa shape index (κ2) is 6.39. The Bertz CT molecular complexity index is 762. The summed E-state index contributed by atoms with van der Waals surface area (Å²) in [5, 5.41) is 4.58. The van der Waals surface area contributed by atoms with Crippen molar-refractivity contribution >= 4 is 34.4 Å². The van der Waals surface area contributed by atoms with Crippen LogP contribution in [0.3, 0.4) is 0 Å². The number of fused-ring (bicyclic) bond motifs is 1. The fourth-order valence-electron chi connectivity index (χ4n) is 2.61. The van der Waals surface area contributed by atoms with E-state index in [9.17, 15) is 4.79 Å². The van der Waals surface area contributed by atoms with Crippen LogP contribution in [0.5, 0.6) is 0 Å². The predicted octanol–water partition coefficient (Wildman–Crippen LogP) is 3.10. The molecule has 3 heterocycles. The third-order valence-electron chi connectivity index (χ3n) is 3.67. The Morgan fingerprint density at radius 1 is 1.38 bits per heavy atom. The summed E-state index contributed by atoms with van der Waals surface area (Å²) in [4.78, 5) is 26.4. The van der Waals surface area contributed by atoms with Gasteiger partial charge in [-0.15, -0.1) is 0 Å². The van der Waals surface area contributed by atoms with Crippen LogP contribution in [-0.2, 0) is 4.74 Å². The third kappa shape index (κ3) is 3.84. The van der Waals surface area contributed by atoms with Gasteiger partial charge in [0.2, 0.25) is 0 Å². The molecule has 0 aromatic carbocycles. The molecule has 1 amide bonds.